The molecule has 110 valence electrons. The van der Waals surface area contributed by atoms with Gasteiger partial charge < -0.3 is 9.47 Å². The maximum absolute atomic E-state index is 13.9. The summed E-state index contributed by atoms with van der Waals surface area (Å²) in [7, 11) is 0. The quantitative estimate of drug-likeness (QED) is 0.849. The van der Waals surface area contributed by atoms with Crippen molar-refractivity contribution in [2.45, 2.75) is 52.2 Å². The summed E-state index contributed by atoms with van der Waals surface area (Å²) in [6.45, 7) is 9.08. The van der Waals surface area contributed by atoms with Crippen molar-refractivity contribution >= 4 is 11.8 Å². The molecule has 0 saturated carbocycles. The van der Waals surface area contributed by atoms with Gasteiger partial charge in [0.05, 0.1) is 0 Å². The van der Waals surface area contributed by atoms with Crippen molar-refractivity contribution < 1.29 is 18.7 Å². The predicted molar refractivity (Wildman–Crippen MR) is 74.7 cm³/mol. The number of rotatable bonds is 1. The number of fused-ring (bicyclic) bond motifs is 1. The highest BCUT2D eigenvalue weighted by Gasteiger charge is 2.34. The van der Waals surface area contributed by atoms with Gasteiger partial charge in [0.15, 0.2) is 5.82 Å². The molecule has 1 amide bonds. The molecule has 20 heavy (non-hydrogen) atoms. The van der Waals surface area contributed by atoms with Gasteiger partial charge in [0.25, 0.3) is 0 Å². The van der Waals surface area contributed by atoms with E-state index in [0.29, 0.717) is 12.2 Å². The lowest BCUT2D eigenvalue weighted by molar-refractivity contribution is 0.0633. The largest absolute Gasteiger partial charge is 0.485 e. The fraction of sp³-hybridized carbons (Fsp3) is 0.533. The molecule has 1 aliphatic heterocycles. The molecule has 0 fully saturated rings. The standard InChI is InChI=1S/C15H20FNO3/c1-14(2,3)20-13(18)17-11-10(16)7-6-9-8-15(4,5)19-12(9)11/h6-7H,8H2,1-5H3,(H,17,18). The molecule has 1 N–H and O–H groups in total. The number of anilines is 1. The molecule has 0 saturated heterocycles. The van der Waals surface area contributed by atoms with Gasteiger partial charge in [0.2, 0.25) is 0 Å². The summed E-state index contributed by atoms with van der Waals surface area (Å²) in [5.41, 5.74) is -0.121. The number of ether oxygens (including phenoxy) is 2. The molecule has 2 rings (SSSR count). The van der Waals surface area contributed by atoms with E-state index in [9.17, 15) is 9.18 Å². The van der Waals surface area contributed by atoms with Gasteiger partial charge in [-0.15, -0.1) is 0 Å². The van der Waals surface area contributed by atoms with Gasteiger partial charge in [-0.25, -0.2) is 9.18 Å². The third-order valence-corrected chi connectivity index (χ3v) is 2.81. The minimum absolute atomic E-state index is 0.0438. The van der Waals surface area contributed by atoms with E-state index in [1.807, 2.05) is 13.8 Å². The summed E-state index contributed by atoms with van der Waals surface area (Å²) in [4.78, 5) is 11.8. The van der Waals surface area contributed by atoms with E-state index in [-0.39, 0.29) is 5.69 Å². The number of benzene rings is 1. The van der Waals surface area contributed by atoms with Gasteiger partial charge >= 0.3 is 6.09 Å². The Hall–Kier alpha value is -1.78. The first kappa shape index (κ1) is 14.6. The summed E-state index contributed by atoms with van der Waals surface area (Å²) in [6, 6.07) is 3.01. The van der Waals surface area contributed by atoms with Gasteiger partial charge in [-0.05, 0) is 40.7 Å². The Balaban J connectivity index is 2.26. The minimum Gasteiger partial charge on any atom is -0.485 e. The van der Waals surface area contributed by atoms with Crippen LogP contribution in [0.1, 0.15) is 40.2 Å². The van der Waals surface area contributed by atoms with E-state index >= 15 is 0 Å². The zero-order valence-electron chi connectivity index (χ0n) is 12.5. The van der Waals surface area contributed by atoms with E-state index < -0.39 is 23.1 Å². The Bertz CT molecular complexity index is 547. The molecule has 0 bridgehead atoms. The predicted octanol–water partition coefficient (Wildman–Crippen LogP) is 3.89. The fourth-order valence-electron chi connectivity index (χ4n) is 2.15. The van der Waals surface area contributed by atoms with Crippen molar-refractivity contribution in [3.63, 3.8) is 0 Å². The van der Waals surface area contributed by atoms with Crippen LogP contribution in [0.5, 0.6) is 5.75 Å². The van der Waals surface area contributed by atoms with Crippen LogP contribution in [-0.2, 0) is 11.2 Å². The molecule has 5 heteroatoms. The van der Waals surface area contributed by atoms with Crippen LogP contribution in [0.2, 0.25) is 0 Å². The Morgan fingerprint density at radius 1 is 1.40 bits per heavy atom. The molecule has 0 spiro atoms. The molecule has 0 aliphatic carbocycles. The SMILES string of the molecule is CC(C)(C)OC(=O)Nc1c(F)ccc2c1OC(C)(C)C2. The van der Waals surface area contributed by atoms with E-state index in [4.69, 9.17) is 9.47 Å². The van der Waals surface area contributed by atoms with Crippen molar-refractivity contribution in [2.24, 2.45) is 0 Å². The number of halogens is 1. The maximum Gasteiger partial charge on any atom is 0.412 e. The molecule has 1 heterocycles. The summed E-state index contributed by atoms with van der Waals surface area (Å²) in [6.07, 6.45) is -0.0240. The average molecular weight is 281 g/mol. The van der Waals surface area contributed by atoms with Gasteiger partial charge in [0.1, 0.15) is 22.6 Å². The lowest BCUT2D eigenvalue weighted by Crippen LogP contribution is -2.28. The zero-order valence-corrected chi connectivity index (χ0v) is 12.5. The summed E-state index contributed by atoms with van der Waals surface area (Å²) in [5.74, 6) is -0.145. The number of nitrogens with one attached hydrogen (secondary N) is 1. The normalized spacial score (nSPS) is 16.3. The molecule has 1 aromatic rings. The molecule has 1 aromatic carbocycles. The van der Waals surface area contributed by atoms with Crippen molar-refractivity contribution in [3.8, 4) is 5.75 Å². The fourth-order valence-corrected chi connectivity index (χ4v) is 2.15. The van der Waals surface area contributed by atoms with E-state index in [0.717, 1.165) is 5.56 Å². The van der Waals surface area contributed by atoms with Gasteiger partial charge in [-0.2, -0.15) is 0 Å². The van der Waals surface area contributed by atoms with Crippen LogP contribution in [0, 0.1) is 5.82 Å². The Morgan fingerprint density at radius 3 is 2.65 bits per heavy atom. The second kappa shape index (κ2) is 4.65. The van der Waals surface area contributed by atoms with Crippen LogP contribution in [0.3, 0.4) is 0 Å². The maximum atomic E-state index is 13.9. The second-order valence-electron chi connectivity index (χ2n) is 6.58. The molecule has 0 radical (unpaired) electrons. The lowest BCUT2D eigenvalue weighted by atomic mass is 10.0. The molecule has 0 aromatic heterocycles. The molecular formula is C15H20FNO3. The molecule has 1 aliphatic rings. The Kier molecular flexibility index (Phi) is 3.40. The average Bonchev–Trinajstić information content (AvgIpc) is 2.55. The summed E-state index contributed by atoms with van der Waals surface area (Å²) < 4.78 is 24.8. The van der Waals surface area contributed by atoms with Crippen LogP contribution >= 0.6 is 0 Å². The van der Waals surface area contributed by atoms with Gasteiger partial charge in [-0.1, -0.05) is 6.07 Å². The molecular weight excluding hydrogens is 261 g/mol. The highest BCUT2D eigenvalue weighted by molar-refractivity contribution is 5.88. The van der Waals surface area contributed by atoms with Crippen LogP contribution in [-0.4, -0.2) is 17.3 Å². The highest BCUT2D eigenvalue weighted by atomic mass is 19.1. The molecule has 4 nitrogen and oxygen atoms in total. The number of hydrogen-bond donors (Lipinski definition) is 1. The lowest BCUT2D eigenvalue weighted by Gasteiger charge is -2.21. The summed E-state index contributed by atoms with van der Waals surface area (Å²) in [5, 5.41) is 2.44. The first-order valence-corrected chi connectivity index (χ1v) is 6.58. The van der Waals surface area contributed by atoms with E-state index in [2.05, 4.69) is 5.32 Å². The zero-order chi connectivity index (χ0) is 15.1. The molecule has 0 unspecified atom stereocenters. The van der Waals surface area contributed by atoms with E-state index in [1.165, 1.54) is 6.07 Å². The van der Waals surface area contributed by atoms with Crippen LogP contribution < -0.4 is 10.1 Å². The molecule has 0 atom stereocenters. The van der Waals surface area contributed by atoms with E-state index in [1.54, 1.807) is 26.8 Å². The number of amides is 1. The van der Waals surface area contributed by atoms with Crippen LogP contribution in [0.25, 0.3) is 0 Å². The monoisotopic (exact) mass is 281 g/mol. The minimum atomic E-state index is -0.696. The summed E-state index contributed by atoms with van der Waals surface area (Å²) >= 11 is 0. The second-order valence-corrected chi connectivity index (χ2v) is 6.58. The first-order valence-electron chi connectivity index (χ1n) is 6.58. The number of hydrogen-bond acceptors (Lipinski definition) is 3. The van der Waals surface area contributed by atoms with Gasteiger partial charge in [0, 0.05) is 12.0 Å². The van der Waals surface area contributed by atoms with Crippen molar-refractivity contribution in [1.29, 1.82) is 0 Å². The van der Waals surface area contributed by atoms with Gasteiger partial charge in [-0.3, -0.25) is 5.32 Å². The third-order valence-electron chi connectivity index (χ3n) is 2.81. The van der Waals surface area contributed by atoms with Crippen LogP contribution in [0.15, 0.2) is 12.1 Å². The Morgan fingerprint density at radius 2 is 2.05 bits per heavy atom. The first-order chi connectivity index (χ1) is 9.07. The highest BCUT2D eigenvalue weighted by Crippen LogP contribution is 2.41. The van der Waals surface area contributed by atoms with Crippen molar-refractivity contribution in [3.05, 3.63) is 23.5 Å². The Labute approximate surface area is 118 Å². The number of carbonyl (C=O) groups excluding carboxylic acids is 1. The third kappa shape index (κ3) is 3.21. The van der Waals surface area contributed by atoms with Crippen molar-refractivity contribution in [2.75, 3.05) is 5.32 Å². The van der Waals surface area contributed by atoms with Crippen molar-refractivity contribution in [1.82, 2.24) is 0 Å². The van der Waals surface area contributed by atoms with Crippen LogP contribution in [0.4, 0.5) is 14.9 Å². The topological polar surface area (TPSA) is 47.6 Å². The number of carbonyl (C=O) groups is 1. The smallest absolute Gasteiger partial charge is 0.412 e.